The molecule has 1 aromatic heterocycles. The molecule has 0 fully saturated rings. The molecule has 0 radical (unpaired) electrons. The van der Waals surface area contributed by atoms with Crippen LogP contribution >= 0.6 is 11.3 Å². The van der Waals surface area contributed by atoms with Crippen molar-refractivity contribution in [3.8, 4) is 0 Å². The molecule has 2 heterocycles. The summed E-state index contributed by atoms with van der Waals surface area (Å²) in [7, 11) is 1.61. The minimum absolute atomic E-state index is 0.0690. The maximum atomic E-state index is 13.1. The van der Waals surface area contributed by atoms with Gasteiger partial charge in [-0.05, 0) is 42.5 Å². The lowest BCUT2D eigenvalue weighted by atomic mass is 10.00. The summed E-state index contributed by atoms with van der Waals surface area (Å²) in [5.74, 6) is -0.0690. The number of anilines is 1. The Morgan fingerprint density at radius 1 is 1.12 bits per heavy atom. The van der Waals surface area contributed by atoms with E-state index in [-0.39, 0.29) is 11.9 Å². The number of fused-ring (bicyclic) bond motifs is 1. The van der Waals surface area contributed by atoms with Crippen LogP contribution in [0.2, 0.25) is 0 Å². The summed E-state index contributed by atoms with van der Waals surface area (Å²) in [5, 5.41) is 5.54. The van der Waals surface area contributed by atoms with E-state index >= 15 is 0 Å². The molecule has 0 aliphatic carbocycles. The fraction of sp³-hybridized carbons (Fsp3) is 0.346. The van der Waals surface area contributed by atoms with Gasteiger partial charge in [0.05, 0.1) is 13.2 Å². The topological polar surface area (TPSA) is 74.8 Å². The molecule has 1 N–H and O–H groups in total. The Bertz CT molecular complexity index is 1160. The van der Waals surface area contributed by atoms with E-state index in [1.807, 2.05) is 49.1 Å². The first kappa shape index (κ1) is 23.9. The van der Waals surface area contributed by atoms with Crippen molar-refractivity contribution >= 4 is 29.0 Å². The fourth-order valence-corrected chi connectivity index (χ4v) is 4.91. The normalized spacial score (nSPS) is 12.9. The van der Waals surface area contributed by atoms with Gasteiger partial charge in [0.2, 0.25) is 0 Å². The Morgan fingerprint density at radius 2 is 1.85 bits per heavy atom. The lowest BCUT2D eigenvalue weighted by Gasteiger charge is -2.28. The number of methoxy groups -OCH3 is 1. The summed E-state index contributed by atoms with van der Waals surface area (Å²) >= 11 is 1.40. The van der Waals surface area contributed by atoms with Crippen LogP contribution in [0.5, 0.6) is 0 Å². The van der Waals surface area contributed by atoms with Gasteiger partial charge in [-0.25, -0.2) is 9.78 Å². The highest BCUT2D eigenvalue weighted by Crippen LogP contribution is 2.23. The highest BCUT2D eigenvalue weighted by atomic mass is 32.1. The van der Waals surface area contributed by atoms with Crippen molar-refractivity contribution in [2.45, 2.75) is 33.4 Å². The molecule has 0 unspecified atom stereocenters. The summed E-state index contributed by atoms with van der Waals surface area (Å²) in [5.41, 5.74) is 5.74. The number of thiazole rings is 1. The van der Waals surface area contributed by atoms with Gasteiger partial charge in [-0.2, -0.15) is 0 Å². The van der Waals surface area contributed by atoms with Gasteiger partial charge in [0.25, 0.3) is 5.91 Å². The number of rotatable bonds is 7. The molecule has 3 aromatic rings. The first-order chi connectivity index (χ1) is 16.5. The van der Waals surface area contributed by atoms with Gasteiger partial charge in [0.1, 0.15) is 10.7 Å². The summed E-state index contributed by atoms with van der Waals surface area (Å²) in [6.07, 6.45) is 0.849. The third-order valence-corrected chi connectivity index (χ3v) is 6.91. The van der Waals surface area contributed by atoms with Crippen molar-refractivity contribution in [1.29, 1.82) is 0 Å². The van der Waals surface area contributed by atoms with Crippen LogP contribution in [0.3, 0.4) is 0 Å². The lowest BCUT2D eigenvalue weighted by Crippen LogP contribution is -2.37. The summed E-state index contributed by atoms with van der Waals surface area (Å²) in [6, 6.07) is 13.9. The van der Waals surface area contributed by atoms with E-state index in [1.165, 1.54) is 22.5 Å². The number of urea groups is 1. The zero-order valence-electron chi connectivity index (χ0n) is 19.8. The van der Waals surface area contributed by atoms with E-state index < -0.39 is 0 Å². The molecule has 1 aliphatic heterocycles. The molecule has 0 saturated carbocycles. The molecule has 0 bridgehead atoms. The zero-order valence-corrected chi connectivity index (χ0v) is 20.7. The molecule has 178 valence electrons. The number of aromatic nitrogens is 1. The second kappa shape index (κ2) is 10.8. The van der Waals surface area contributed by atoms with E-state index in [4.69, 9.17) is 4.74 Å². The van der Waals surface area contributed by atoms with Crippen LogP contribution in [0, 0.1) is 13.8 Å². The van der Waals surface area contributed by atoms with Crippen LogP contribution < -0.4 is 5.32 Å². The van der Waals surface area contributed by atoms with Crippen molar-refractivity contribution in [2.24, 2.45) is 0 Å². The molecule has 3 amide bonds. The van der Waals surface area contributed by atoms with Crippen molar-refractivity contribution in [3.63, 3.8) is 0 Å². The number of aryl methyl sites for hydroxylation is 2. The number of ether oxygens (including phenoxy) is 1. The number of hydrogen-bond acceptors (Lipinski definition) is 5. The Labute approximate surface area is 204 Å². The number of hydrogen-bond donors (Lipinski definition) is 1. The Hall–Kier alpha value is -3.23. The summed E-state index contributed by atoms with van der Waals surface area (Å²) in [6.45, 7) is 6.35. The van der Waals surface area contributed by atoms with Crippen molar-refractivity contribution in [3.05, 3.63) is 80.8 Å². The molecule has 1 aliphatic rings. The van der Waals surface area contributed by atoms with Gasteiger partial charge in [0, 0.05) is 37.8 Å². The highest BCUT2D eigenvalue weighted by Gasteiger charge is 2.24. The van der Waals surface area contributed by atoms with Crippen LogP contribution in [0.4, 0.5) is 10.5 Å². The Morgan fingerprint density at radius 3 is 2.59 bits per heavy atom. The van der Waals surface area contributed by atoms with Crippen LogP contribution in [-0.4, -0.2) is 53.5 Å². The highest BCUT2D eigenvalue weighted by molar-refractivity contribution is 7.09. The van der Waals surface area contributed by atoms with Gasteiger partial charge in [0.15, 0.2) is 0 Å². The van der Waals surface area contributed by atoms with E-state index in [9.17, 15) is 9.59 Å². The van der Waals surface area contributed by atoms with Crippen molar-refractivity contribution in [1.82, 2.24) is 14.8 Å². The third-order valence-electron chi connectivity index (χ3n) is 6.08. The van der Waals surface area contributed by atoms with Gasteiger partial charge < -0.3 is 19.9 Å². The van der Waals surface area contributed by atoms with Gasteiger partial charge >= 0.3 is 6.03 Å². The second-order valence-corrected chi connectivity index (χ2v) is 9.43. The number of nitrogens with one attached hydrogen (secondary N) is 1. The standard InChI is InChI=1S/C26H30N4O3S/c1-18-7-6-8-19(2)24(18)28-26(32)30(13-14-33-3)16-23-27-22(17-34-23)25(31)29-12-11-20-9-4-5-10-21(20)15-29/h4-10,17H,11-16H2,1-3H3,(H,28,32). The average molecular weight is 479 g/mol. The maximum Gasteiger partial charge on any atom is 0.322 e. The minimum Gasteiger partial charge on any atom is -0.383 e. The first-order valence-electron chi connectivity index (χ1n) is 11.4. The van der Waals surface area contributed by atoms with E-state index in [2.05, 4.69) is 22.4 Å². The molecular formula is C26H30N4O3S. The van der Waals surface area contributed by atoms with E-state index in [0.29, 0.717) is 43.5 Å². The number of carbonyl (C=O) groups is 2. The molecule has 0 spiro atoms. The molecule has 0 atom stereocenters. The first-order valence-corrected chi connectivity index (χ1v) is 12.3. The summed E-state index contributed by atoms with van der Waals surface area (Å²) in [4.78, 5) is 34.3. The predicted molar refractivity (Wildman–Crippen MR) is 134 cm³/mol. The number of benzene rings is 2. The second-order valence-electron chi connectivity index (χ2n) is 8.48. The number of amides is 3. The van der Waals surface area contributed by atoms with Crippen molar-refractivity contribution < 1.29 is 14.3 Å². The molecular weight excluding hydrogens is 448 g/mol. The van der Waals surface area contributed by atoms with Crippen LogP contribution in [0.15, 0.2) is 47.8 Å². The van der Waals surface area contributed by atoms with Gasteiger partial charge in [-0.15, -0.1) is 11.3 Å². The van der Waals surface area contributed by atoms with Gasteiger partial charge in [-0.1, -0.05) is 42.5 Å². The predicted octanol–water partition coefficient (Wildman–Crippen LogP) is 4.64. The Kier molecular flexibility index (Phi) is 7.59. The Balaban J connectivity index is 1.44. The zero-order chi connectivity index (χ0) is 24.1. The summed E-state index contributed by atoms with van der Waals surface area (Å²) < 4.78 is 5.21. The van der Waals surface area contributed by atoms with Crippen LogP contribution in [0.1, 0.15) is 37.7 Å². The number of carbonyl (C=O) groups excluding carboxylic acids is 2. The maximum absolute atomic E-state index is 13.1. The SMILES string of the molecule is COCCN(Cc1nc(C(=O)N2CCc3ccccc3C2)cs1)C(=O)Nc1c(C)cccc1C. The fourth-order valence-electron chi connectivity index (χ4n) is 4.13. The average Bonchev–Trinajstić information content (AvgIpc) is 3.31. The lowest BCUT2D eigenvalue weighted by molar-refractivity contribution is 0.0729. The molecule has 34 heavy (non-hydrogen) atoms. The molecule has 7 nitrogen and oxygen atoms in total. The molecule has 2 aromatic carbocycles. The molecule has 8 heteroatoms. The van der Waals surface area contributed by atoms with Gasteiger partial charge in [-0.3, -0.25) is 4.79 Å². The smallest absolute Gasteiger partial charge is 0.322 e. The largest absolute Gasteiger partial charge is 0.383 e. The third kappa shape index (κ3) is 5.46. The number of nitrogens with zero attached hydrogens (tertiary/aromatic N) is 3. The monoisotopic (exact) mass is 478 g/mol. The van der Waals surface area contributed by atoms with E-state index in [0.717, 1.165) is 23.2 Å². The van der Waals surface area contributed by atoms with Crippen molar-refractivity contribution in [2.75, 3.05) is 32.1 Å². The number of para-hydroxylation sites is 1. The van der Waals surface area contributed by atoms with Crippen LogP contribution in [0.25, 0.3) is 0 Å². The van der Waals surface area contributed by atoms with E-state index in [1.54, 1.807) is 17.4 Å². The molecule has 4 rings (SSSR count). The minimum atomic E-state index is -0.217. The molecule has 0 saturated heterocycles. The van der Waals surface area contributed by atoms with Crippen LogP contribution in [-0.2, 0) is 24.2 Å². The quantitative estimate of drug-likeness (QED) is 0.537.